The standard InChI is InChI=1S/C16H14FNO4S/c1-10(19)18-8-13-5-6-15(23-13)14(20)9-22-16(21)11-3-2-4-12(17)7-11/h2-7H,8-9H2,1H3,(H,18,19). The number of ether oxygens (including phenoxy) is 1. The van der Waals surface area contributed by atoms with E-state index in [0.29, 0.717) is 11.4 Å². The van der Waals surface area contributed by atoms with Crippen molar-refractivity contribution in [2.24, 2.45) is 0 Å². The van der Waals surface area contributed by atoms with Gasteiger partial charge in [0.2, 0.25) is 11.7 Å². The quantitative estimate of drug-likeness (QED) is 0.650. The van der Waals surface area contributed by atoms with Gasteiger partial charge in [-0.2, -0.15) is 0 Å². The molecule has 1 aromatic heterocycles. The number of esters is 1. The Balaban J connectivity index is 1.89. The molecule has 0 bridgehead atoms. The van der Waals surface area contributed by atoms with Gasteiger partial charge in [-0.05, 0) is 30.3 Å². The van der Waals surface area contributed by atoms with Gasteiger partial charge in [0.15, 0.2) is 6.61 Å². The lowest BCUT2D eigenvalue weighted by atomic mass is 10.2. The van der Waals surface area contributed by atoms with Crippen LogP contribution in [0.2, 0.25) is 0 Å². The maximum atomic E-state index is 13.0. The zero-order valence-electron chi connectivity index (χ0n) is 12.3. The van der Waals surface area contributed by atoms with Gasteiger partial charge in [0.1, 0.15) is 5.82 Å². The van der Waals surface area contributed by atoms with Gasteiger partial charge in [-0.15, -0.1) is 11.3 Å². The van der Waals surface area contributed by atoms with Crippen molar-refractivity contribution in [1.82, 2.24) is 5.32 Å². The van der Waals surface area contributed by atoms with Crippen LogP contribution >= 0.6 is 11.3 Å². The summed E-state index contributed by atoms with van der Waals surface area (Å²) in [6.45, 7) is 1.33. The van der Waals surface area contributed by atoms with Gasteiger partial charge in [0.05, 0.1) is 17.0 Å². The van der Waals surface area contributed by atoms with E-state index in [4.69, 9.17) is 4.74 Å². The number of amides is 1. The van der Waals surface area contributed by atoms with Crippen molar-refractivity contribution in [3.63, 3.8) is 0 Å². The fourth-order valence-electron chi connectivity index (χ4n) is 1.74. The molecule has 2 aromatic rings. The predicted octanol–water partition coefficient (Wildman–Crippen LogP) is 2.56. The largest absolute Gasteiger partial charge is 0.454 e. The number of ketones is 1. The zero-order valence-corrected chi connectivity index (χ0v) is 13.1. The molecule has 1 amide bonds. The Morgan fingerprint density at radius 1 is 1.22 bits per heavy atom. The lowest BCUT2D eigenvalue weighted by Crippen LogP contribution is -2.18. The van der Waals surface area contributed by atoms with Crippen molar-refractivity contribution in [2.45, 2.75) is 13.5 Å². The molecule has 0 spiro atoms. The molecule has 0 radical (unpaired) electrons. The number of nitrogens with one attached hydrogen (secondary N) is 1. The van der Waals surface area contributed by atoms with Crippen LogP contribution in [0.4, 0.5) is 4.39 Å². The van der Waals surface area contributed by atoms with Crippen LogP contribution in [-0.2, 0) is 16.1 Å². The molecule has 0 saturated heterocycles. The van der Waals surface area contributed by atoms with Crippen LogP contribution in [0, 0.1) is 5.82 Å². The third kappa shape index (κ3) is 5.00. The summed E-state index contributed by atoms with van der Waals surface area (Å²) in [5.74, 6) is -1.82. The summed E-state index contributed by atoms with van der Waals surface area (Å²) < 4.78 is 17.9. The fourth-order valence-corrected chi connectivity index (χ4v) is 2.61. The Bertz CT molecular complexity index is 741. The second-order valence-corrected chi connectivity index (χ2v) is 5.85. The van der Waals surface area contributed by atoms with Crippen molar-refractivity contribution < 1.29 is 23.5 Å². The van der Waals surface area contributed by atoms with Crippen LogP contribution in [0.5, 0.6) is 0 Å². The van der Waals surface area contributed by atoms with Gasteiger partial charge >= 0.3 is 5.97 Å². The Morgan fingerprint density at radius 2 is 2.00 bits per heavy atom. The van der Waals surface area contributed by atoms with Crippen molar-refractivity contribution in [2.75, 3.05) is 6.61 Å². The SMILES string of the molecule is CC(=O)NCc1ccc(C(=O)COC(=O)c2cccc(F)c2)s1. The van der Waals surface area contributed by atoms with E-state index in [1.54, 1.807) is 12.1 Å². The molecule has 7 heteroatoms. The average molecular weight is 335 g/mol. The fraction of sp³-hybridized carbons (Fsp3) is 0.188. The summed E-state index contributed by atoms with van der Waals surface area (Å²) in [6, 6.07) is 8.39. The molecule has 1 aromatic carbocycles. The van der Waals surface area contributed by atoms with E-state index in [1.165, 1.54) is 36.5 Å². The van der Waals surface area contributed by atoms with Gasteiger partial charge in [-0.25, -0.2) is 9.18 Å². The monoisotopic (exact) mass is 335 g/mol. The minimum Gasteiger partial charge on any atom is -0.454 e. The smallest absolute Gasteiger partial charge is 0.338 e. The number of Topliss-reactive ketones (excluding diaryl/α,β-unsaturated/α-hetero) is 1. The summed E-state index contributed by atoms with van der Waals surface area (Å²) >= 11 is 1.22. The molecule has 0 atom stereocenters. The minimum absolute atomic E-state index is 0.0512. The molecule has 0 aliphatic heterocycles. The molecule has 2 rings (SSSR count). The van der Waals surface area contributed by atoms with Crippen LogP contribution in [-0.4, -0.2) is 24.3 Å². The lowest BCUT2D eigenvalue weighted by Gasteiger charge is -2.03. The van der Waals surface area contributed by atoms with Crippen LogP contribution in [0.3, 0.4) is 0 Å². The summed E-state index contributed by atoms with van der Waals surface area (Å²) in [6.07, 6.45) is 0. The van der Waals surface area contributed by atoms with Crippen LogP contribution < -0.4 is 5.32 Å². The molecule has 1 N–H and O–H groups in total. The third-order valence-corrected chi connectivity index (χ3v) is 3.97. The Morgan fingerprint density at radius 3 is 2.70 bits per heavy atom. The molecule has 0 aliphatic carbocycles. The van der Waals surface area contributed by atoms with Crippen LogP contribution in [0.15, 0.2) is 36.4 Å². The van der Waals surface area contributed by atoms with Crippen molar-refractivity contribution >= 4 is 29.0 Å². The molecule has 23 heavy (non-hydrogen) atoms. The minimum atomic E-state index is -0.757. The third-order valence-electron chi connectivity index (χ3n) is 2.84. The van der Waals surface area contributed by atoms with Crippen LogP contribution in [0.1, 0.15) is 31.8 Å². The van der Waals surface area contributed by atoms with Crippen LogP contribution in [0.25, 0.3) is 0 Å². The van der Waals surface area contributed by atoms with E-state index in [9.17, 15) is 18.8 Å². The van der Waals surface area contributed by atoms with E-state index in [-0.39, 0.29) is 17.3 Å². The number of rotatable bonds is 6. The van der Waals surface area contributed by atoms with E-state index < -0.39 is 18.4 Å². The highest BCUT2D eigenvalue weighted by Crippen LogP contribution is 2.17. The van der Waals surface area contributed by atoms with E-state index >= 15 is 0 Å². The molecular formula is C16H14FNO4S. The van der Waals surface area contributed by atoms with E-state index in [0.717, 1.165) is 10.9 Å². The first-order chi connectivity index (χ1) is 11.0. The average Bonchev–Trinajstić information content (AvgIpc) is 2.99. The highest BCUT2D eigenvalue weighted by molar-refractivity contribution is 7.14. The number of carbonyl (C=O) groups excluding carboxylic acids is 3. The number of halogens is 1. The van der Waals surface area contributed by atoms with Gasteiger partial charge in [0.25, 0.3) is 0 Å². The van der Waals surface area contributed by atoms with E-state index in [1.807, 2.05) is 0 Å². The van der Waals surface area contributed by atoms with Crippen molar-refractivity contribution in [1.29, 1.82) is 0 Å². The molecular weight excluding hydrogens is 321 g/mol. The molecule has 120 valence electrons. The predicted molar refractivity (Wildman–Crippen MR) is 82.9 cm³/mol. The Kier molecular flexibility index (Phi) is 5.59. The summed E-state index contributed by atoms with van der Waals surface area (Å²) in [4.78, 5) is 35.8. The molecule has 5 nitrogen and oxygen atoms in total. The molecule has 1 heterocycles. The van der Waals surface area contributed by atoms with Gasteiger partial charge in [-0.1, -0.05) is 6.07 Å². The number of hydrogen-bond acceptors (Lipinski definition) is 5. The van der Waals surface area contributed by atoms with Crippen molar-refractivity contribution in [3.05, 3.63) is 57.5 Å². The first kappa shape index (κ1) is 16.8. The Labute approximate surface area is 136 Å². The number of thiophene rings is 1. The molecule has 0 aliphatic rings. The Hall–Kier alpha value is -2.54. The first-order valence-corrected chi connectivity index (χ1v) is 7.56. The number of hydrogen-bond donors (Lipinski definition) is 1. The van der Waals surface area contributed by atoms with Gasteiger partial charge < -0.3 is 10.1 Å². The maximum absolute atomic E-state index is 13.0. The summed E-state index contributed by atoms with van der Waals surface area (Å²) in [5.41, 5.74) is 0.0512. The highest BCUT2D eigenvalue weighted by Gasteiger charge is 2.14. The van der Waals surface area contributed by atoms with Gasteiger partial charge in [-0.3, -0.25) is 9.59 Å². The summed E-state index contributed by atoms with van der Waals surface area (Å²) in [7, 11) is 0. The normalized spacial score (nSPS) is 10.2. The molecule has 0 unspecified atom stereocenters. The van der Waals surface area contributed by atoms with Gasteiger partial charge in [0, 0.05) is 11.8 Å². The number of benzene rings is 1. The second-order valence-electron chi connectivity index (χ2n) is 4.69. The molecule has 0 saturated carbocycles. The lowest BCUT2D eigenvalue weighted by molar-refractivity contribution is -0.119. The zero-order chi connectivity index (χ0) is 16.8. The topological polar surface area (TPSA) is 72.5 Å². The van der Waals surface area contributed by atoms with Crippen molar-refractivity contribution in [3.8, 4) is 0 Å². The second kappa shape index (κ2) is 7.64. The first-order valence-electron chi connectivity index (χ1n) is 6.75. The number of carbonyl (C=O) groups is 3. The molecule has 0 fully saturated rings. The highest BCUT2D eigenvalue weighted by atomic mass is 32.1. The maximum Gasteiger partial charge on any atom is 0.338 e. The summed E-state index contributed by atoms with van der Waals surface area (Å²) in [5, 5.41) is 2.63. The van der Waals surface area contributed by atoms with E-state index in [2.05, 4.69) is 5.32 Å².